The van der Waals surface area contributed by atoms with Crippen molar-refractivity contribution in [3.63, 3.8) is 0 Å². The van der Waals surface area contributed by atoms with Crippen LogP contribution in [0.3, 0.4) is 0 Å². The van der Waals surface area contributed by atoms with Crippen molar-refractivity contribution in [2.45, 2.75) is 53.2 Å². The van der Waals surface area contributed by atoms with Gasteiger partial charge in [-0.15, -0.1) is 0 Å². The first-order valence-corrected chi connectivity index (χ1v) is 6.31. The van der Waals surface area contributed by atoms with E-state index in [-0.39, 0.29) is 23.5 Å². The zero-order valence-corrected chi connectivity index (χ0v) is 12.1. The van der Waals surface area contributed by atoms with E-state index >= 15 is 0 Å². The van der Waals surface area contributed by atoms with E-state index in [0.29, 0.717) is 19.6 Å². The first-order chi connectivity index (χ1) is 7.73. The Balaban J connectivity index is 4.40. The van der Waals surface area contributed by atoms with Crippen molar-refractivity contribution >= 4 is 5.91 Å². The van der Waals surface area contributed by atoms with E-state index in [9.17, 15) is 4.79 Å². The summed E-state index contributed by atoms with van der Waals surface area (Å²) < 4.78 is 5.40. The van der Waals surface area contributed by atoms with Crippen LogP contribution in [0.2, 0.25) is 0 Å². The molecule has 0 heterocycles. The standard InChI is InChI=1S/C13H28N2O2/c1-7-17-11(9-14)8-12(16)15(6)10(2)13(3,4)5/h10-11H,7-9,14H2,1-6H3. The molecule has 0 rings (SSSR count). The van der Waals surface area contributed by atoms with Gasteiger partial charge in [0, 0.05) is 26.2 Å². The molecule has 0 spiro atoms. The third kappa shape index (κ3) is 5.50. The molecule has 0 aliphatic heterocycles. The van der Waals surface area contributed by atoms with Crippen LogP contribution < -0.4 is 5.73 Å². The molecule has 1 amide bonds. The van der Waals surface area contributed by atoms with Crippen LogP contribution in [-0.2, 0) is 9.53 Å². The largest absolute Gasteiger partial charge is 0.377 e. The van der Waals surface area contributed by atoms with Gasteiger partial charge in [-0.25, -0.2) is 0 Å². The fourth-order valence-electron chi connectivity index (χ4n) is 1.58. The second kappa shape index (κ2) is 6.97. The van der Waals surface area contributed by atoms with E-state index < -0.39 is 0 Å². The van der Waals surface area contributed by atoms with Crippen LogP contribution in [-0.4, -0.2) is 43.2 Å². The molecule has 17 heavy (non-hydrogen) atoms. The zero-order chi connectivity index (χ0) is 13.6. The van der Waals surface area contributed by atoms with Gasteiger partial charge in [0.15, 0.2) is 0 Å². The summed E-state index contributed by atoms with van der Waals surface area (Å²) in [5.74, 6) is 0.0938. The highest BCUT2D eigenvalue weighted by Crippen LogP contribution is 2.23. The van der Waals surface area contributed by atoms with Gasteiger partial charge in [-0.1, -0.05) is 20.8 Å². The second-order valence-electron chi connectivity index (χ2n) is 5.56. The van der Waals surface area contributed by atoms with E-state index in [4.69, 9.17) is 10.5 Å². The minimum absolute atomic E-state index is 0.0776. The summed E-state index contributed by atoms with van der Waals surface area (Å²) in [7, 11) is 1.85. The first kappa shape index (κ1) is 16.4. The topological polar surface area (TPSA) is 55.6 Å². The van der Waals surface area contributed by atoms with Crippen LogP contribution >= 0.6 is 0 Å². The Hall–Kier alpha value is -0.610. The number of hydrogen-bond acceptors (Lipinski definition) is 3. The van der Waals surface area contributed by atoms with Crippen molar-refractivity contribution in [2.75, 3.05) is 20.2 Å². The van der Waals surface area contributed by atoms with Crippen LogP contribution in [0.5, 0.6) is 0 Å². The molecule has 0 aliphatic carbocycles. The number of hydrogen-bond donors (Lipinski definition) is 1. The molecule has 0 aromatic heterocycles. The van der Waals surface area contributed by atoms with Crippen LogP contribution in [0.25, 0.3) is 0 Å². The van der Waals surface area contributed by atoms with Gasteiger partial charge < -0.3 is 15.4 Å². The van der Waals surface area contributed by atoms with Crippen molar-refractivity contribution in [1.29, 1.82) is 0 Å². The van der Waals surface area contributed by atoms with Gasteiger partial charge in [0.2, 0.25) is 5.91 Å². The number of carbonyl (C=O) groups excluding carboxylic acids is 1. The first-order valence-electron chi connectivity index (χ1n) is 6.31. The molecule has 2 N–H and O–H groups in total. The summed E-state index contributed by atoms with van der Waals surface area (Å²) in [4.78, 5) is 13.9. The maximum Gasteiger partial charge on any atom is 0.225 e. The number of carbonyl (C=O) groups is 1. The molecular weight excluding hydrogens is 216 g/mol. The van der Waals surface area contributed by atoms with Crippen molar-refractivity contribution in [3.05, 3.63) is 0 Å². The van der Waals surface area contributed by atoms with Crippen LogP contribution in [0, 0.1) is 5.41 Å². The van der Waals surface area contributed by atoms with Crippen molar-refractivity contribution in [3.8, 4) is 0 Å². The normalized spacial score (nSPS) is 15.5. The minimum atomic E-state index is -0.165. The third-order valence-corrected chi connectivity index (χ3v) is 3.30. The Kier molecular flexibility index (Phi) is 6.72. The highest BCUT2D eigenvalue weighted by Gasteiger charge is 2.27. The summed E-state index contributed by atoms with van der Waals surface area (Å²) in [5, 5.41) is 0. The Morgan fingerprint density at radius 3 is 2.29 bits per heavy atom. The van der Waals surface area contributed by atoms with Gasteiger partial charge >= 0.3 is 0 Å². The summed E-state index contributed by atoms with van der Waals surface area (Å²) in [6.07, 6.45) is 0.198. The van der Waals surface area contributed by atoms with Crippen LogP contribution in [0.1, 0.15) is 41.0 Å². The van der Waals surface area contributed by atoms with Crippen molar-refractivity contribution in [1.82, 2.24) is 4.90 Å². The Morgan fingerprint density at radius 1 is 1.41 bits per heavy atom. The maximum atomic E-state index is 12.1. The molecule has 0 saturated carbocycles. The van der Waals surface area contributed by atoms with Gasteiger partial charge in [-0.3, -0.25) is 4.79 Å². The molecule has 4 heteroatoms. The molecule has 4 nitrogen and oxygen atoms in total. The predicted octanol–water partition coefficient (Wildman–Crippen LogP) is 1.63. The van der Waals surface area contributed by atoms with E-state index in [1.54, 1.807) is 4.90 Å². The monoisotopic (exact) mass is 244 g/mol. The average molecular weight is 244 g/mol. The minimum Gasteiger partial charge on any atom is -0.377 e. The lowest BCUT2D eigenvalue weighted by molar-refractivity contribution is -0.136. The van der Waals surface area contributed by atoms with Gasteiger partial charge in [0.1, 0.15) is 0 Å². The molecule has 0 radical (unpaired) electrons. The average Bonchev–Trinajstić information content (AvgIpc) is 2.24. The lowest BCUT2D eigenvalue weighted by Gasteiger charge is -2.36. The van der Waals surface area contributed by atoms with E-state index in [0.717, 1.165) is 0 Å². The Labute approximate surface area is 105 Å². The smallest absolute Gasteiger partial charge is 0.225 e. The third-order valence-electron chi connectivity index (χ3n) is 3.30. The second-order valence-corrected chi connectivity index (χ2v) is 5.56. The van der Waals surface area contributed by atoms with Gasteiger partial charge in [0.05, 0.1) is 12.5 Å². The number of nitrogens with zero attached hydrogens (tertiary/aromatic N) is 1. The quantitative estimate of drug-likeness (QED) is 0.772. The number of ether oxygens (including phenoxy) is 1. The summed E-state index contributed by atoms with van der Waals surface area (Å²) in [6, 6.07) is 0.190. The molecule has 102 valence electrons. The molecular formula is C13H28N2O2. The molecule has 0 aromatic rings. The van der Waals surface area contributed by atoms with Crippen LogP contribution in [0.4, 0.5) is 0 Å². The number of nitrogens with two attached hydrogens (primary N) is 1. The molecule has 2 unspecified atom stereocenters. The van der Waals surface area contributed by atoms with E-state index in [2.05, 4.69) is 27.7 Å². The number of amides is 1. The molecule has 0 aromatic carbocycles. The summed E-state index contributed by atoms with van der Waals surface area (Å²) >= 11 is 0. The highest BCUT2D eigenvalue weighted by atomic mass is 16.5. The lowest BCUT2D eigenvalue weighted by Crippen LogP contribution is -2.44. The SMILES string of the molecule is CCOC(CN)CC(=O)N(C)C(C)C(C)(C)C. The molecule has 0 saturated heterocycles. The Bertz CT molecular complexity index is 236. The predicted molar refractivity (Wildman–Crippen MR) is 70.8 cm³/mol. The summed E-state index contributed by atoms with van der Waals surface area (Å²) in [5.41, 5.74) is 5.65. The number of rotatable bonds is 6. The fourth-order valence-corrected chi connectivity index (χ4v) is 1.58. The summed E-state index contributed by atoms with van der Waals surface area (Å²) in [6.45, 7) is 11.3. The lowest BCUT2D eigenvalue weighted by atomic mass is 9.87. The molecule has 2 atom stereocenters. The van der Waals surface area contributed by atoms with Gasteiger partial charge in [-0.2, -0.15) is 0 Å². The van der Waals surface area contributed by atoms with Crippen molar-refractivity contribution < 1.29 is 9.53 Å². The van der Waals surface area contributed by atoms with Gasteiger partial charge in [-0.05, 0) is 19.3 Å². The molecule has 0 bridgehead atoms. The molecule has 0 fully saturated rings. The van der Waals surface area contributed by atoms with Crippen LogP contribution in [0.15, 0.2) is 0 Å². The fraction of sp³-hybridized carbons (Fsp3) is 0.923. The highest BCUT2D eigenvalue weighted by molar-refractivity contribution is 5.76. The zero-order valence-electron chi connectivity index (χ0n) is 12.1. The van der Waals surface area contributed by atoms with E-state index in [1.807, 2.05) is 14.0 Å². The molecule has 0 aliphatic rings. The Morgan fingerprint density at radius 2 is 1.94 bits per heavy atom. The van der Waals surface area contributed by atoms with Gasteiger partial charge in [0.25, 0.3) is 0 Å². The van der Waals surface area contributed by atoms with E-state index in [1.165, 1.54) is 0 Å². The van der Waals surface area contributed by atoms with Crippen molar-refractivity contribution in [2.24, 2.45) is 11.1 Å². The maximum absolute atomic E-state index is 12.1.